The summed E-state index contributed by atoms with van der Waals surface area (Å²) in [5, 5.41) is 3.81. The van der Waals surface area contributed by atoms with E-state index in [9.17, 15) is 0 Å². The van der Waals surface area contributed by atoms with Gasteiger partial charge in [0.05, 0.1) is 6.10 Å². The molecule has 2 rings (SSSR count). The van der Waals surface area contributed by atoms with E-state index in [4.69, 9.17) is 4.74 Å². The van der Waals surface area contributed by atoms with Gasteiger partial charge in [-0.3, -0.25) is 0 Å². The fourth-order valence-electron chi connectivity index (χ4n) is 3.00. The van der Waals surface area contributed by atoms with Crippen molar-refractivity contribution in [1.82, 2.24) is 5.32 Å². The fraction of sp³-hybridized carbons (Fsp3) is 1.00. The van der Waals surface area contributed by atoms with Crippen LogP contribution in [0.5, 0.6) is 0 Å². The predicted molar refractivity (Wildman–Crippen MR) is 58.4 cm³/mol. The predicted octanol–water partition coefficient (Wildman–Crippen LogP) is 2.33. The van der Waals surface area contributed by atoms with Crippen LogP contribution in [0.3, 0.4) is 0 Å². The molecule has 1 N–H and O–H groups in total. The smallest absolute Gasteiger partial charge is 0.0586 e. The van der Waals surface area contributed by atoms with Crippen LogP contribution in [0.2, 0.25) is 0 Å². The number of hydrogen-bond donors (Lipinski definition) is 1. The van der Waals surface area contributed by atoms with Gasteiger partial charge in [-0.2, -0.15) is 0 Å². The van der Waals surface area contributed by atoms with Crippen molar-refractivity contribution in [2.75, 3.05) is 7.11 Å². The quantitative estimate of drug-likeness (QED) is 0.750. The molecule has 0 saturated heterocycles. The van der Waals surface area contributed by atoms with Gasteiger partial charge in [0.2, 0.25) is 0 Å². The van der Waals surface area contributed by atoms with Gasteiger partial charge >= 0.3 is 0 Å². The van der Waals surface area contributed by atoms with E-state index in [2.05, 4.69) is 12.2 Å². The molecule has 4 unspecified atom stereocenters. The number of hydrogen-bond acceptors (Lipinski definition) is 2. The first-order valence-electron chi connectivity index (χ1n) is 6.08. The second-order valence-electron chi connectivity index (χ2n) is 5.05. The van der Waals surface area contributed by atoms with E-state index in [0.717, 1.165) is 18.0 Å². The summed E-state index contributed by atoms with van der Waals surface area (Å²) in [5.41, 5.74) is 0. The highest BCUT2D eigenvalue weighted by Crippen LogP contribution is 2.28. The molecule has 14 heavy (non-hydrogen) atoms. The van der Waals surface area contributed by atoms with Gasteiger partial charge in [-0.1, -0.05) is 13.3 Å². The average molecular weight is 197 g/mol. The van der Waals surface area contributed by atoms with E-state index in [1.165, 1.54) is 38.5 Å². The molecule has 0 heterocycles. The summed E-state index contributed by atoms with van der Waals surface area (Å²) in [6, 6.07) is 1.51. The molecule has 0 aromatic carbocycles. The third-order valence-electron chi connectivity index (χ3n) is 4.03. The lowest BCUT2D eigenvalue weighted by atomic mass is 10.1. The summed E-state index contributed by atoms with van der Waals surface area (Å²) in [5.74, 6) is 0.886. The van der Waals surface area contributed by atoms with Gasteiger partial charge in [0.25, 0.3) is 0 Å². The molecule has 2 nitrogen and oxygen atoms in total. The second-order valence-corrected chi connectivity index (χ2v) is 5.05. The molecule has 2 aliphatic rings. The first-order valence-corrected chi connectivity index (χ1v) is 6.08. The van der Waals surface area contributed by atoms with E-state index in [0.29, 0.717) is 6.10 Å². The van der Waals surface area contributed by atoms with Crippen molar-refractivity contribution in [3.63, 3.8) is 0 Å². The number of rotatable bonds is 3. The van der Waals surface area contributed by atoms with Gasteiger partial charge < -0.3 is 10.1 Å². The van der Waals surface area contributed by atoms with E-state index in [1.807, 2.05) is 7.11 Å². The van der Waals surface area contributed by atoms with Gasteiger partial charge in [0, 0.05) is 19.2 Å². The summed E-state index contributed by atoms with van der Waals surface area (Å²) in [4.78, 5) is 0. The molecule has 2 heteroatoms. The Balaban J connectivity index is 1.75. The fourth-order valence-corrected chi connectivity index (χ4v) is 3.00. The molecule has 2 aliphatic carbocycles. The molecule has 0 bridgehead atoms. The van der Waals surface area contributed by atoms with Crippen molar-refractivity contribution in [2.45, 2.75) is 63.6 Å². The minimum Gasteiger partial charge on any atom is -0.381 e. The van der Waals surface area contributed by atoms with Crippen molar-refractivity contribution in [3.8, 4) is 0 Å². The minimum atomic E-state index is 0.518. The molecule has 0 radical (unpaired) electrons. The van der Waals surface area contributed by atoms with Gasteiger partial charge in [0.1, 0.15) is 0 Å². The molecular formula is C12H23NO. The van der Waals surface area contributed by atoms with Gasteiger partial charge in [-0.15, -0.1) is 0 Å². The van der Waals surface area contributed by atoms with E-state index in [1.54, 1.807) is 0 Å². The topological polar surface area (TPSA) is 21.3 Å². The van der Waals surface area contributed by atoms with Crippen LogP contribution in [0.15, 0.2) is 0 Å². The summed E-state index contributed by atoms with van der Waals surface area (Å²) in [6.45, 7) is 2.38. The lowest BCUT2D eigenvalue weighted by molar-refractivity contribution is 0.106. The summed E-state index contributed by atoms with van der Waals surface area (Å²) < 4.78 is 5.39. The Morgan fingerprint density at radius 1 is 1.14 bits per heavy atom. The van der Waals surface area contributed by atoms with Gasteiger partial charge in [-0.05, 0) is 38.0 Å². The Morgan fingerprint density at radius 2 is 2.00 bits per heavy atom. The monoisotopic (exact) mass is 197 g/mol. The number of nitrogens with one attached hydrogen (secondary N) is 1. The zero-order valence-corrected chi connectivity index (χ0v) is 9.46. The first-order chi connectivity index (χ1) is 6.79. The maximum Gasteiger partial charge on any atom is 0.0586 e. The van der Waals surface area contributed by atoms with Crippen LogP contribution in [-0.2, 0) is 4.74 Å². The Bertz CT molecular complexity index is 183. The van der Waals surface area contributed by atoms with Crippen LogP contribution in [0.1, 0.15) is 45.4 Å². The van der Waals surface area contributed by atoms with Crippen molar-refractivity contribution in [2.24, 2.45) is 5.92 Å². The molecular weight excluding hydrogens is 174 g/mol. The zero-order chi connectivity index (χ0) is 9.97. The van der Waals surface area contributed by atoms with E-state index >= 15 is 0 Å². The normalized spacial score (nSPS) is 43.3. The second kappa shape index (κ2) is 4.63. The minimum absolute atomic E-state index is 0.518. The molecule has 0 amide bonds. The van der Waals surface area contributed by atoms with Crippen molar-refractivity contribution in [3.05, 3.63) is 0 Å². The van der Waals surface area contributed by atoms with Crippen LogP contribution < -0.4 is 5.32 Å². The molecule has 4 atom stereocenters. The van der Waals surface area contributed by atoms with Crippen LogP contribution in [-0.4, -0.2) is 25.3 Å². The van der Waals surface area contributed by atoms with Gasteiger partial charge in [0.15, 0.2) is 0 Å². The van der Waals surface area contributed by atoms with Crippen LogP contribution >= 0.6 is 0 Å². The third kappa shape index (κ3) is 2.29. The summed E-state index contributed by atoms with van der Waals surface area (Å²) >= 11 is 0. The van der Waals surface area contributed by atoms with Crippen LogP contribution in [0, 0.1) is 5.92 Å². The van der Waals surface area contributed by atoms with Crippen LogP contribution in [0.25, 0.3) is 0 Å². The lowest BCUT2D eigenvalue weighted by Crippen LogP contribution is -2.38. The SMILES string of the molecule is COC1CCC(NC2CCCC2C)C1. The first kappa shape index (κ1) is 10.4. The molecule has 2 saturated carbocycles. The Kier molecular flexibility index (Phi) is 3.45. The molecule has 2 fully saturated rings. The lowest BCUT2D eigenvalue weighted by Gasteiger charge is -2.22. The highest BCUT2D eigenvalue weighted by atomic mass is 16.5. The number of methoxy groups -OCH3 is 1. The van der Waals surface area contributed by atoms with Crippen LogP contribution in [0.4, 0.5) is 0 Å². The molecule has 0 aromatic rings. The number of ether oxygens (including phenoxy) is 1. The zero-order valence-electron chi connectivity index (χ0n) is 9.46. The Morgan fingerprint density at radius 3 is 2.57 bits per heavy atom. The Labute approximate surface area is 87.4 Å². The maximum absolute atomic E-state index is 5.39. The van der Waals surface area contributed by atoms with Crippen molar-refractivity contribution in [1.29, 1.82) is 0 Å². The van der Waals surface area contributed by atoms with E-state index < -0.39 is 0 Å². The molecule has 0 aromatic heterocycles. The van der Waals surface area contributed by atoms with Crippen molar-refractivity contribution < 1.29 is 4.74 Å². The maximum atomic E-state index is 5.39. The molecule has 0 aliphatic heterocycles. The highest BCUT2D eigenvalue weighted by molar-refractivity contribution is 4.88. The summed E-state index contributed by atoms with van der Waals surface area (Å²) in [7, 11) is 1.84. The average Bonchev–Trinajstić information content (AvgIpc) is 2.77. The Hall–Kier alpha value is -0.0800. The van der Waals surface area contributed by atoms with Gasteiger partial charge in [-0.25, -0.2) is 0 Å². The standard InChI is InChI=1S/C12H23NO/c1-9-4-3-5-12(9)13-10-6-7-11(8-10)14-2/h9-13H,3-8H2,1-2H3. The highest BCUT2D eigenvalue weighted by Gasteiger charge is 2.29. The largest absolute Gasteiger partial charge is 0.381 e. The third-order valence-corrected chi connectivity index (χ3v) is 4.03. The van der Waals surface area contributed by atoms with Crippen molar-refractivity contribution >= 4 is 0 Å². The molecule has 82 valence electrons. The molecule has 0 spiro atoms. The van der Waals surface area contributed by atoms with E-state index in [-0.39, 0.29) is 0 Å². The summed E-state index contributed by atoms with van der Waals surface area (Å²) in [6.07, 6.45) is 8.51.